The molecule has 3 aromatic rings. The minimum Gasteiger partial charge on any atom is -0.496 e. The van der Waals surface area contributed by atoms with Crippen LogP contribution in [0.25, 0.3) is 17.0 Å². The van der Waals surface area contributed by atoms with Gasteiger partial charge < -0.3 is 4.74 Å². The van der Waals surface area contributed by atoms with E-state index in [-0.39, 0.29) is 0 Å². The molecule has 0 saturated carbocycles. The van der Waals surface area contributed by atoms with E-state index < -0.39 is 0 Å². The lowest BCUT2D eigenvalue weighted by molar-refractivity contribution is 0.111. The summed E-state index contributed by atoms with van der Waals surface area (Å²) >= 11 is 0. The normalized spacial score (nSPS) is 11.1. The van der Waals surface area contributed by atoms with Crippen molar-refractivity contribution in [1.29, 1.82) is 0 Å². The van der Waals surface area contributed by atoms with E-state index in [4.69, 9.17) is 4.74 Å². The molecular weight excluding hydrogens is 278 g/mol. The van der Waals surface area contributed by atoms with Gasteiger partial charge in [0.1, 0.15) is 17.1 Å². The van der Waals surface area contributed by atoms with Gasteiger partial charge in [0.05, 0.1) is 7.11 Å². The molecule has 0 atom stereocenters. The number of methoxy groups -OCH3 is 1. The summed E-state index contributed by atoms with van der Waals surface area (Å²) in [6, 6.07) is 7.74. The molecule has 0 radical (unpaired) electrons. The van der Waals surface area contributed by atoms with E-state index in [0.29, 0.717) is 28.8 Å². The van der Waals surface area contributed by atoms with Gasteiger partial charge in [-0.1, -0.05) is 19.9 Å². The Kier molecular flexibility index (Phi) is 3.63. The first-order valence-electron chi connectivity index (χ1n) is 7.12. The summed E-state index contributed by atoms with van der Waals surface area (Å²) in [7, 11) is 1.61. The fraction of sp³-hybridized carbons (Fsp3) is 0.235. The monoisotopic (exact) mass is 295 g/mol. The molecule has 112 valence electrons. The number of nitrogens with zero attached hydrogens (tertiary/aromatic N) is 3. The van der Waals surface area contributed by atoms with Crippen LogP contribution in [0.4, 0.5) is 0 Å². The van der Waals surface area contributed by atoms with Crippen LogP contribution in [0.2, 0.25) is 0 Å². The standard InChI is InChI=1S/C17H17N3O2/c1-11(2)12-5-6-15(22-3)13(9-12)16-14(10-21)20-8-4-7-18-17(20)19-16/h4-11H,1-3H3. The predicted molar refractivity (Wildman–Crippen MR) is 84.5 cm³/mol. The predicted octanol–water partition coefficient (Wildman–Crippen LogP) is 3.34. The number of aromatic nitrogens is 3. The van der Waals surface area contributed by atoms with E-state index in [0.717, 1.165) is 17.4 Å². The summed E-state index contributed by atoms with van der Waals surface area (Å²) in [5.74, 6) is 1.56. The molecule has 22 heavy (non-hydrogen) atoms. The second kappa shape index (κ2) is 5.60. The Morgan fingerprint density at radius 1 is 1.32 bits per heavy atom. The third kappa shape index (κ3) is 2.24. The topological polar surface area (TPSA) is 56.5 Å². The first-order valence-corrected chi connectivity index (χ1v) is 7.12. The fourth-order valence-electron chi connectivity index (χ4n) is 2.49. The summed E-state index contributed by atoms with van der Waals surface area (Å²) in [6.07, 6.45) is 4.24. The lowest BCUT2D eigenvalue weighted by Gasteiger charge is -2.11. The van der Waals surface area contributed by atoms with Crippen molar-refractivity contribution >= 4 is 12.1 Å². The third-order valence-electron chi connectivity index (χ3n) is 3.70. The van der Waals surface area contributed by atoms with Crippen LogP contribution < -0.4 is 4.74 Å². The summed E-state index contributed by atoms with van der Waals surface area (Å²) < 4.78 is 7.13. The van der Waals surface area contributed by atoms with Crippen molar-refractivity contribution in [3.05, 3.63) is 47.9 Å². The van der Waals surface area contributed by atoms with Gasteiger partial charge >= 0.3 is 0 Å². The van der Waals surface area contributed by atoms with E-state index in [1.165, 1.54) is 0 Å². The minimum absolute atomic E-state index is 0.375. The average Bonchev–Trinajstić information content (AvgIpc) is 2.92. The van der Waals surface area contributed by atoms with Crippen LogP contribution in [0.5, 0.6) is 5.75 Å². The fourth-order valence-corrected chi connectivity index (χ4v) is 2.49. The highest BCUT2D eigenvalue weighted by atomic mass is 16.5. The highest BCUT2D eigenvalue weighted by Gasteiger charge is 2.18. The van der Waals surface area contributed by atoms with E-state index in [1.807, 2.05) is 18.2 Å². The first kappa shape index (κ1) is 14.3. The molecule has 0 fully saturated rings. The van der Waals surface area contributed by atoms with Gasteiger partial charge in [-0.3, -0.25) is 9.20 Å². The SMILES string of the molecule is COc1ccc(C(C)C)cc1-c1nc2ncccn2c1C=O. The number of carbonyl (C=O) groups excluding carboxylic acids is 1. The smallest absolute Gasteiger partial charge is 0.234 e. The number of fused-ring (bicyclic) bond motifs is 1. The van der Waals surface area contributed by atoms with Crippen LogP contribution in [0.1, 0.15) is 35.8 Å². The Labute approximate surface area is 128 Å². The van der Waals surface area contributed by atoms with E-state index in [9.17, 15) is 4.79 Å². The molecule has 5 nitrogen and oxygen atoms in total. The van der Waals surface area contributed by atoms with Gasteiger partial charge in [-0.25, -0.2) is 9.97 Å². The third-order valence-corrected chi connectivity index (χ3v) is 3.70. The molecule has 0 saturated heterocycles. The van der Waals surface area contributed by atoms with Crippen molar-refractivity contribution in [3.8, 4) is 17.0 Å². The highest BCUT2D eigenvalue weighted by Crippen LogP contribution is 2.34. The molecule has 0 N–H and O–H groups in total. The number of imidazole rings is 1. The summed E-state index contributed by atoms with van der Waals surface area (Å²) in [5, 5.41) is 0. The van der Waals surface area contributed by atoms with Crippen LogP contribution in [0, 0.1) is 0 Å². The molecule has 2 aromatic heterocycles. The van der Waals surface area contributed by atoms with E-state index >= 15 is 0 Å². The van der Waals surface area contributed by atoms with Crippen molar-refractivity contribution < 1.29 is 9.53 Å². The molecule has 2 heterocycles. The van der Waals surface area contributed by atoms with Gasteiger partial charge in [0.2, 0.25) is 5.78 Å². The Morgan fingerprint density at radius 3 is 2.82 bits per heavy atom. The zero-order valence-electron chi connectivity index (χ0n) is 12.8. The summed E-state index contributed by atoms with van der Waals surface area (Å²) in [5.41, 5.74) is 3.04. The minimum atomic E-state index is 0.375. The second-order valence-corrected chi connectivity index (χ2v) is 5.37. The van der Waals surface area contributed by atoms with Gasteiger partial charge in [0.25, 0.3) is 0 Å². The molecule has 0 unspecified atom stereocenters. The molecular formula is C17H17N3O2. The number of ether oxygens (including phenoxy) is 1. The van der Waals surface area contributed by atoms with Gasteiger partial charge in [0, 0.05) is 18.0 Å². The number of carbonyl (C=O) groups is 1. The molecule has 0 aliphatic carbocycles. The van der Waals surface area contributed by atoms with Crippen LogP contribution in [-0.4, -0.2) is 27.8 Å². The Balaban J connectivity index is 2.30. The number of aldehydes is 1. The van der Waals surface area contributed by atoms with Crippen molar-refractivity contribution in [2.24, 2.45) is 0 Å². The van der Waals surface area contributed by atoms with Gasteiger partial charge in [-0.05, 0) is 29.7 Å². The van der Waals surface area contributed by atoms with Crippen molar-refractivity contribution in [2.75, 3.05) is 7.11 Å². The number of hydrogen-bond donors (Lipinski definition) is 0. The van der Waals surface area contributed by atoms with E-state index in [1.54, 1.807) is 30.0 Å². The Morgan fingerprint density at radius 2 is 2.14 bits per heavy atom. The molecule has 0 bridgehead atoms. The quantitative estimate of drug-likeness (QED) is 0.693. The zero-order chi connectivity index (χ0) is 15.7. The van der Waals surface area contributed by atoms with Crippen molar-refractivity contribution in [2.45, 2.75) is 19.8 Å². The zero-order valence-corrected chi connectivity index (χ0v) is 12.8. The molecule has 0 amide bonds. The molecule has 1 aromatic carbocycles. The van der Waals surface area contributed by atoms with Crippen LogP contribution in [-0.2, 0) is 0 Å². The lowest BCUT2D eigenvalue weighted by atomic mass is 9.98. The first-order chi connectivity index (χ1) is 10.7. The maximum absolute atomic E-state index is 11.6. The van der Waals surface area contributed by atoms with Crippen LogP contribution >= 0.6 is 0 Å². The largest absolute Gasteiger partial charge is 0.496 e. The molecule has 0 aliphatic rings. The van der Waals surface area contributed by atoms with E-state index in [2.05, 4.69) is 23.8 Å². The van der Waals surface area contributed by atoms with Gasteiger partial charge in [-0.15, -0.1) is 0 Å². The highest BCUT2D eigenvalue weighted by molar-refractivity contribution is 5.87. The van der Waals surface area contributed by atoms with Crippen LogP contribution in [0.3, 0.4) is 0 Å². The summed E-state index contributed by atoms with van der Waals surface area (Å²) in [6.45, 7) is 4.24. The second-order valence-electron chi connectivity index (χ2n) is 5.37. The van der Waals surface area contributed by atoms with Crippen LogP contribution in [0.15, 0.2) is 36.7 Å². The molecule has 5 heteroatoms. The lowest BCUT2D eigenvalue weighted by Crippen LogP contribution is -1.96. The number of benzene rings is 1. The maximum atomic E-state index is 11.6. The Hall–Kier alpha value is -2.69. The van der Waals surface area contributed by atoms with Gasteiger partial charge in [0.15, 0.2) is 6.29 Å². The average molecular weight is 295 g/mol. The summed E-state index contributed by atoms with van der Waals surface area (Å²) in [4.78, 5) is 20.3. The Bertz CT molecular complexity index is 837. The van der Waals surface area contributed by atoms with Crippen molar-refractivity contribution in [1.82, 2.24) is 14.4 Å². The number of rotatable bonds is 4. The van der Waals surface area contributed by atoms with Gasteiger partial charge in [-0.2, -0.15) is 0 Å². The number of hydrogen-bond acceptors (Lipinski definition) is 4. The molecule has 3 rings (SSSR count). The van der Waals surface area contributed by atoms with Crippen molar-refractivity contribution in [3.63, 3.8) is 0 Å². The molecule has 0 spiro atoms. The molecule has 0 aliphatic heterocycles. The maximum Gasteiger partial charge on any atom is 0.234 e.